The minimum absolute atomic E-state index is 0.921. The first-order valence-corrected chi connectivity index (χ1v) is 7.46. The van der Waals surface area contributed by atoms with E-state index in [-0.39, 0.29) is 0 Å². The van der Waals surface area contributed by atoms with Crippen molar-refractivity contribution in [1.29, 1.82) is 0 Å². The maximum absolute atomic E-state index is 5.20. The molecule has 0 fully saturated rings. The second-order valence-corrected chi connectivity index (χ2v) is 5.51. The molecule has 1 heterocycles. The van der Waals surface area contributed by atoms with Crippen molar-refractivity contribution in [3.05, 3.63) is 47.0 Å². The molecule has 106 valence electrons. The van der Waals surface area contributed by atoms with Gasteiger partial charge in [0.25, 0.3) is 0 Å². The molecule has 1 aliphatic rings. The van der Waals surface area contributed by atoms with Gasteiger partial charge in [-0.05, 0) is 56.7 Å². The second kappa shape index (κ2) is 5.70. The molecule has 0 saturated heterocycles. The molecule has 0 amide bonds. The van der Waals surface area contributed by atoms with Crippen LogP contribution in [0, 0.1) is 6.92 Å². The highest BCUT2D eigenvalue weighted by molar-refractivity contribution is 5.27. The van der Waals surface area contributed by atoms with Crippen LogP contribution in [-0.2, 0) is 25.8 Å². The molecule has 0 spiro atoms. The Hall–Kier alpha value is -1.77. The van der Waals surface area contributed by atoms with Crippen molar-refractivity contribution < 1.29 is 4.74 Å². The molecular weight excluding hydrogens is 248 g/mol. The molecule has 1 aromatic heterocycles. The number of hydrogen-bond acceptors (Lipinski definition) is 2. The molecule has 1 aromatic carbocycles. The van der Waals surface area contributed by atoms with Crippen molar-refractivity contribution in [3.63, 3.8) is 0 Å². The van der Waals surface area contributed by atoms with E-state index in [0.717, 1.165) is 25.1 Å². The van der Waals surface area contributed by atoms with E-state index in [9.17, 15) is 0 Å². The molecule has 3 rings (SSSR count). The Morgan fingerprint density at radius 2 is 1.90 bits per heavy atom. The molecule has 0 saturated carbocycles. The average Bonchev–Trinajstić information content (AvgIpc) is 2.81. The molecule has 0 unspecified atom stereocenters. The third-order valence-electron chi connectivity index (χ3n) is 4.21. The summed E-state index contributed by atoms with van der Waals surface area (Å²) in [5.74, 6) is 2.09. The van der Waals surface area contributed by atoms with Crippen LogP contribution < -0.4 is 4.74 Å². The number of imidazole rings is 1. The van der Waals surface area contributed by atoms with Gasteiger partial charge in [-0.3, -0.25) is 0 Å². The molecule has 0 aliphatic heterocycles. The third-order valence-corrected chi connectivity index (χ3v) is 4.21. The van der Waals surface area contributed by atoms with Gasteiger partial charge in [-0.15, -0.1) is 0 Å². The Labute approximate surface area is 120 Å². The maximum atomic E-state index is 5.20. The minimum atomic E-state index is 0.921. The Bertz CT molecular complexity index is 584. The Kier molecular flexibility index (Phi) is 3.77. The highest BCUT2D eigenvalue weighted by atomic mass is 16.5. The SMILES string of the molecule is COc1ccc(CCn2c(C)nc3c2CCCC3)cc1. The third kappa shape index (κ3) is 2.58. The lowest BCUT2D eigenvalue weighted by molar-refractivity contribution is 0.414. The van der Waals surface area contributed by atoms with Gasteiger partial charge in [-0.1, -0.05) is 12.1 Å². The van der Waals surface area contributed by atoms with E-state index in [1.54, 1.807) is 7.11 Å². The molecule has 0 atom stereocenters. The van der Waals surface area contributed by atoms with Gasteiger partial charge in [0, 0.05) is 12.2 Å². The first kappa shape index (κ1) is 13.2. The Balaban J connectivity index is 1.73. The predicted octanol–water partition coefficient (Wildman–Crippen LogP) is 3.32. The number of methoxy groups -OCH3 is 1. The van der Waals surface area contributed by atoms with E-state index < -0.39 is 0 Å². The van der Waals surface area contributed by atoms with Gasteiger partial charge in [0.05, 0.1) is 12.8 Å². The summed E-state index contributed by atoms with van der Waals surface area (Å²) in [5.41, 5.74) is 4.16. The van der Waals surface area contributed by atoms with Crippen LogP contribution in [0.25, 0.3) is 0 Å². The Morgan fingerprint density at radius 1 is 1.15 bits per heavy atom. The average molecular weight is 270 g/mol. The van der Waals surface area contributed by atoms with Crippen LogP contribution in [0.5, 0.6) is 5.75 Å². The predicted molar refractivity (Wildman–Crippen MR) is 80.3 cm³/mol. The quantitative estimate of drug-likeness (QED) is 0.852. The van der Waals surface area contributed by atoms with Crippen LogP contribution >= 0.6 is 0 Å². The van der Waals surface area contributed by atoms with Crippen molar-refractivity contribution in [2.45, 2.75) is 45.6 Å². The van der Waals surface area contributed by atoms with Crippen molar-refractivity contribution in [3.8, 4) is 5.75 Å². The number of hydrogen-bond donors (Lipinski definition) is 0. The number of benzene rings is 1. The van der Waals surface area contributed by atoms with Gasteiger partial charge < -0.3 is 9.30 Å². The van der Waals surface area contributed by atoms with Crippen molar-refractivity contribution in [2.75, 3.05) is 7.11 Å². The second-order valence-electron chi connectivity index (χ2n) is 5.51. The number of ether oxygens (including phenoxy) is 1. The molecular formula is C17H22N2O. The topological polar surface area (TPSA) is 27.1 Å². The van der Waals surface area contributed by atoms with Gasteiger partial charge in [0.2, 0.25) is 0 Å². The van der Waals surface area contributed by atoms with E-state index in [1.807, 2.05) is 12.1 Å². The molecule has 3 nitrogen and oxygen atoms in total. The number of fused-ring (bicyclic) bond motifs is 1. The highest BCUT2D eigenvalue weighted by Gasteiger charge is 2.17. The van der Waals surface area contributed by atoms with E-state index in [4.69, 9.17) is 9.72 Å². The summed E-state index contributed by atoms with van der Waals surface area (Å²) in [6, 6.07) is 8.37. The molecule has 1 aliphatic carbocycles. The fourth-order valence-electron chi connectivity index (χ4n) is 3.07. The minimum Gasteiger partial charge on any atom is -0.497 e. The standard InChI is InChI=1S/C17H22N2O/c1-13-18-16-5-3-4-6-17(16)19(13)12-11-14-7-9-15(20-2)10-8-14/h7-10H,3-6,11-12H2,1-2H3. The molecule has 3 heteroatoms. The number of nitrogens with zero attached hydrogens (tertiary/aromatic N) is 2. The summed E-state index contributed by atoms with van der Waals surface area (Å²) in [4.78, 5) is 4.73. The first-order chi connectivity index (χ1) is 9.78. The lowest BCUT2D eigenvalue weighted by Crippen LogP contribution is -2.11. The van der Waals surface area contributed by atoms with Crippen molar-refractivity contribution >= 4 is 0 Å². The van der Waals surface area contributed by atoms with Crippen LogP contribution in [0.4, 0.5) is 0 Å². The van der Waals surface area contributed by atoms with E-state index >= 15 is 0 Å². The van der Waals surface area contributed by atoms with Crippen molar-refractivity contribution in [1.82, 2.24) is 9.55 Å². The van der Waals surface area contributed by atoms with Gasteiger partial charge in [0.1, 0.15) is 11.6 Å². The molecule has 0 radical (unpaired) electrons. The fourth-order valence-corrected chi connectivity index (χ4v) is 3.07. The van der Waals surface area contributed by atoms with Crippen LogP contribution in [0.3, 0.4) is 0 Å². The summed E-state index contributed by atoms with van der Waals surface area (Å²) < 4.78 is 7.61. The van der Waals surface area contributed by atoms with Gasteiger partial charge in [-0.2, -0.15) is 0 Å². The Morgan fingerprint density at radius 3 is 2.65 bits per heavy atom. The largest absolute Gasteiger partial charge is 0.497 e. The highest BCUT2D eigenvalue weighted by Crippen LogP contribution is 2.22. The summed E-state index contributed by atoms with van der Waals surface area (Å²) in [6.07, 6.45) is 6.00. The van der Waals surface area contributed by atoms with E-state index in [1.165, 1.54) is 42.0 Å². The molecule has 2 aromatic rings. The van der Waals surface area contributed by atoms with E-state index in [2.05, 4.69) is 23.6 Å². The van der Waals surface area contributed by atoms with Gasteiger partial charge in [0.15, 0.2) is 0 Å². The number of aryl methyl sites for hydroxylation is 3. The molecule has 20 heavy (non-hydrogen) atoms. The summed E-state index contributed by atoms with van der Waals surface area (Å²) in [7, 11) is 1.70. The van der Waals surface area contributed by atoms with Crippen molar-refractivity contribution in [2.24, 2.45) is 0 Å². The van der Waals surface area contributed by atoms with Crippen LogP contribution in [-0.4, -0.2) is 16.7 Å². The zero-order valence-electron chi connectivity index (χ0n) is 12.4. The van der Waals surface area contributed by atoms with Gasteiger partial charge >= 0.3 is 0 Å². The fraction of sp³-hybridized carbons (Fsp3) is 0.471. The molecule has 0 N–H and O–H groups in total. The van der Waals surface area contributed by atoms with Gasteiger partial charge in [-0.25, -0.2) is 4.98 Å². The maximum Gasteiger partial charge on any atom is 0.118 e. The lowest BCUT2D eigenvalue weighted by atomic mass is 10.0. The zero-order valence-corrected chi connectivity index (χ0v) is 12.4. The normalized spacial score (nSPS) is 14.1. The first-order valence-electron chi connectivity index (χ1n) is 7.46. The van der Waals surface area contributed by atoms with E-state index in [0.29, 0.717) is 0 Å². The number of rotatable bonds is 4. The van der Waals surface area contributed by atoms with Crippen LogP contribution in [0.15, 0.2) is 24.3 Å². The summed E-state index contributed by atoms with van der Waals surface area (Å²) >= 11 is 0. The monoisotopic (exact) mass is 270 g/mol. The summed E-state index contributed by atoms with van der Waals surface area (Å²) in [6.45, 7) is 3.16. The van der Waals surface area contributed by atoms with Crippen LogP contribution in [0.1, 0.15) is 35.6 Å². The lowest BCUT2D eigenvalue weighted by Gasteiger charge is -2.15. The molecule has 0 bridgehead atoms. The summed E-state index contributed by atoms with van der Waals surface area (Å²) in [5, 5.41) is 0. The zero-order chi connectivity index (χ0) is 13.9. The smallest absolute Gasteiger partial charge is 0.118 e. The number of aromatic nitrogens is 2. The van der Waals surface area contributed by atoms with Crippen LogP contribution in [0.2, 0.25) is 0 Å².